The van der Waals surface area contributed by atoms with Gasteiger partial charge in [0.15, 0.2) is 5.82 Å². The van der Waals surface area contributed by atoms with Crippen molar-refractivity contribution >= 4 is 21.7 Å². The fourth-order valence-corrected chi connectivity index (χ4v) is 2.92. The largest absolute Gasteiger partial charge is 0.573 e. The molecule has 1 aromatic carbocycles. The van der Waals surface area contributed by atoms with Crippen molar-refractivity contribution in [2.75, 3.05) is 11.9 Å². The fourth-order valence-electron chi connectivity index (χ4n) is 1.89. The molecule has 2 rings (SSSR count). The Hall–Kier alpha value is -2.60. The number of hydrogen-bond acceptors (Lipinski definition) is 5. The van der Waals surface area contributed by atoms with Gasteiger partial charge in [-0.15, -0.1) is 13.2 Å². The quantitative estimate of drug-likeness (QED) is 0.746. The molecule has 0 bridgehead atoms. The first-order chi connectivity index (χ1) is 12.0. The number of nitrogens with one attached hydrogen (secondary N) is 2. The maximum absolute atomic E-state index is 12.1. The van der Waals surface area contributed by atoms with Crippen molar-refractivity contribution in [1.82, 2.24) is 14.5 Å². The Morgan fingerprint density at radius 1 is 1.23 bits per heavy atom. The van der Waals surface area contributed by atoms with E-state index in [1.807, 2.05) is 0 Å². The van der Waals surface area contributed by atoms with Crippen LogP contribution in [0.15, 0.2) is 41.4 Å². The van der Waals surface area contributed by atoms with Crippen LogP contribution >= 0.6 is 0 Å². The van der Waals surface area contributed by atoms with E-state index in [1.54, 1.807) is 19.3 Å². The number of aromatic nitrogens is 2. The predicted octanol–water partition coefficient (Wildman–Crippen LogP) is 1.63. The van der Waals surface area contributed by atoms with Crippen LogP contribution < -0.4 is 14.8 Å². The molecule has 0 saturated heterocycles. The van der Waals surface area contributed by atoms with Crippen LogP contribution in [0.4, 0.5) is 19.0 Å². The van der Waals surface area contributed by atoms with E-state index >= 15 is 0 Å². The van der Waals surface area contributed by atoms with Crippen molar-refractivity contribution in [3.8, 4) is 5.75 Å². The lowest BCUT2D eigenvalue weighted by atomic mass is 10.3. The van der Waals surface area contributed by atoms with Gasteiger partial charge in [-0.3, -0.25) is 9.48 Å². The summed E-state index contributed by atoms with van der Waals surface area (Å²) in [5, 5.41) is 6.43. The van der Waals surface area contributed by atoms with E-state index in [9.17, 15) is 26.4 Å². The number of carbonyl (C=O) groups is 1. The highest BCUT2D eigenvalue weighted by Crippen LogP contribution is 2.23. The van der Waals surface area contributed by atoms with Crippen LogP contribution in [-0.2, 0) is 21.9 Å². The number of nitrogens with zero attached hydrogens (tertiary/aromatic N) is 2. The molecule has 2 aromatic rings. The number of amides is 1. The first-order valence-corrected chi connectivity index (χ1v) is 8.68. The molecular formula is C14H15F3N4O4S. The van der Waals surface area contributed by atoms with Gasteiger partial charge >= 0.3 is 6.36 Å². The summed E-state index contributed by atoms with van der Waals surface area (Å²) in [6, 6.07) is 5.28. The first kappa shape index (κ1) is 19.7. The number of anilines is 1. The molecular weight excluding hydrogens is 377 g/mol. The van der Waals surface area contributed by atoms with Gasteiger partial charge in [-0.2, -0.15) is 5.10 Å². The van der Waals surface area contributed by atoms with Gasteiger partial charge in [0.05, 0.1) is 4.90 Å². The van der Waals surface area contributed by atoms with Crippen LogP contribution in [0.5, 0.6) is 5.75 Å². The smallest absolute Gasteiger partial charge is 0.406 e. The second kappa shape index (κ2) is 7.74. The number of halogens is 3. The van der Waals surface area contributed by atoms with Crippen molar-refractivity contribution in [1.29, 1.82) is 0 Å². The number of rotatable bonds is 7. The van der Waals surface area contributed by atoms with Gasteiger partial charge in [-0.05, 0) is 24.3 Å². The Balaban J connectivity index is 1.87. The Morgan fingerprint density at radius 3 is 2.42 bits per heavy atom. The van der Waals surface area contributed by atoms with E-state index < -0.39 is 28.0 Å². The third kappa shape index (κ3) is 6.04. The Labute approximate surface area is 147 Å². The summed E-state index contributed by atoms with van der Waals surface area (Å²) in [6.07, 6.45) is -3.38. The third-order valence-electron chi connectivity index (χ3n) is 2.99. The Kier molecular flexibility index (Phi) is 5.87. The molecule has 2 N–H and O–H groups in total. The molecule has 142 valence electrons. The number of alkyl halides is 3. The first-order valence-electron chi connectivity index (χ1n) is 7.20. The maximum atomic E-state index is 12.1. The van der Waals surface area contributed by atoms with Crippen LogP contribution in [-0.4, -0.2) is 37.0 Å². The lowest BCUT2D eigenvalue weighted by Gasteiger charge is -2.10. The standard InChI is InChI=1S/C14H15F3N4O4S/c1-21-9-7-12(20-21)19-13(22)6-8-18-26(23,24)11-4-2-10(3-5-11)25-14(15,16)17/h2-5,7,9,18H,6,8H2,1H3,(H,19,20,22). The Bertz CT molecular complexity index is 863. The van der Waals surface area contributed by atoms with Gasteiger partial charge in [0, 0.05) is 32.3 Å². The number of carbonyl (C=O) groups excluding carboxylic acids is 1. The number of benzene rings is 1. The molecule has 26 heavy (non-hydrogen) atoms. The zero-order chi connectivity index (χ0) is 19.4. The SMILES string of the molecule is Cn1ccc(NC(=O)CCNS(=O)(=O)c2ccc(OC(F)(F)F)cc2)n1. The topological polar surface area (TPSA) is 102 Å². The monoisotopic (exact) mass is 392 g/mol. The minimum absolute atomic E-state index is 0.148. The van der Waals surface area contributed by atoms with Crippen LogP contribution in [0.25, 0.3) is 0 Å². The number of hydrogen-bond donors (Lipinski definition) is 2. The minimum atomic E-state index is -4.86. The van der Waals surface area contributed by atoms with Crippen LogP contribution in [0.3, 0.4) is 0 Å². The predicted molar refractivity (Wildman–Crippen MR) is 84.8 cm³/mol. The highest BCUT2D eigenvalue weighted by Gasteiger charge is 2.31. The molecule has 0 unspecified atom stereocenters. The van der Waals surface area contributed by atoms with E-state index in [2.05, 4.69) is 19.9 Å². The van der Waals surface area contributed by atoms with Gasteiger partial charge in [0.25, 0.3) is 0 Å². The maximum Gasteiger partial charge on any atom is 0.573 e. The molecule has 0 aliphatic heterocycles. The molecule has 12 heteroatoms. The van der Waals surface area contributed by atoms with Crippen LogP contribution in [0.1, 0.15) is 6.42 Å². The summed E-state index contributed by atoms with van der Waals surface area (Å²) in [5.74, 6) is -0.646. The van der Waals surface area contributed by atoms with E-state index in [-0.39, 0.29) is 17.9 Å². The average Bonchev–Trinajstić information content (AvgIpc) is 2.91. The zero-order valence-electron chi connectivity index (χ0n) is 13.4. The number of ether oxygens (including phenoxy) is 1. The summed E-state index contributed by atoms with van der Waals surface area (Å²) in [4.78, 5) is 11.5. The second-order valence-electron chi connectivity index (χ2n) is 5.09. The summed E-state index contributed by atoms with van der Waals surface area (Å²) in [5.41, 5.74) is 0. The third-order valence-corrected chi connectivity index (χ3v) is 4.47. The van der Waals surface area contributed by atoms with E-state index in [1.165, 1.54) is 4.68 Å². The van der Waals surface area contributed by atoms with E-state index in [0.717, 1.165) is 24.3 Å². The lowest BCUT2D eigenvalue weighted by molar-refractivity contribution is -0.274. The molecule has 0 radical (unpaired) electrons. The normalized spacial score (nSPS) is 12.0. The van der Waals surface area contributed by atoms with Gasteiger partial charge in [0.1, 0.15) is 5.75 Å². The fraction of sp³-hybridized carbons (Fsp3) is 0.286. The molecule has 1 aromatic heterocycles. The molecule has 0 atom stereocenters. The van der Waals surface area contributed by atoms with E-state index in [0.29, 0.717) is 5.82 Å². The highest BCUT2D eigenvalue weighted by molar-refractivity contribution is 7.89. The molecule has 0 aliphatic carbocycles. The zero-order valence-corrected chi connectivity index (χ0v) is 14.3. The lowest BCUT2D eigenvalue weighted by Crippen LogP contribution is -2.28. The van der Waals surface area contributed by atoms with Crippen LogP contribution in [0, 0.1) is 0 Å². The molecule has 1 amide bonds. The van der Waals surface area contributed by atoms with E-state index in [4.69, 9.17) is 0 Å². The van der Waals surface area contributed by atoms with Gasteiger partial charge in [-0.1, -0.05) is 0 Å². The summed E-state index contributed by atoms with van der Waals surface area (Å²) >= 11 is 0. The molecule has 0 fully saturated rings. The minimum Gasteiger partial charge on any atom is -0.406 e. The van der Waals surface area contributed by atoms with Crippen molar-refractivity contribution < 1.29 is 31.1 Å². The summed E-state index contributed by atoms with van der Waals surface area (Å²) in [6.45, 7) is -0.193. The Morgan fingerprint density at radius 2 is 1.88 bits per heavy atom. The second-order valence-corrected chi connectivity index (χ2v) is 6.86. The van der Waals surface area contributed by atoms with Gasteiger partial charge in [0.2, 0.25) is 15.9 Å². The number of sulfonamides is 1. The molecule has 8 nitrogen and oxygen atoms in total. The molecule has 0 aliphatic rings. The molecule has 1 heterocycles. The molecule has 0 spiro atoms. The van der Waals surface area contributed by atoms with Crippen molar-refractivity contribution in [2.45, 2.75) is 17.7 Å². The van der Waals surface area contributed by atoms with Crippen molar-refractivity contribution in [2.24, 2.45) is 7.05 Å². The highest BCUT2D eigenvalue weighted by atomic mass is 32.2. The summed E-state index contributed by atoms with van der Waals surface area (Å²) in [7, 11) is -2.30. The van der Waals surface area contributed by atoms with Crippen molar-refractivity contribution in [3.05, 3.63) is 36.5 Å². The van der Waals surface area contributed by atoms with Gasteiger partial charge in [-0.25, -0.2) is 13.1 Å². The molecule has 0 saturated carbocycles. The summed E-state index contributed by atoms with van der Waals surface area (Å²) < 4.78 is 67.7. The van der Waals surface area contributed by atoms with Crippen LogP contribution in [0.2, 0.25) is 0 Å². The average molecular weight is 392 g/mol. The van der Waals surface area contributed by atoms with Crippen molar-refractivity contribution in [3.63, 3.8) is 0 Å². The number of aryl methyl sites for hydroxylation is 1. The van der Waals surface area contributed by atoms with Gasteiger partial charge < -0.3 is 10.1 Å².